The normalized spacial score (nSPS) is 10.6. The summed E-state index contributed by atoms with van der Waals surface area (Å²) in [7, 11) is 1.63. The highest BCUT2D eigenvalue weighted by molar-refractivity contribution is 7.16. The van der Waals surface area contributed by atoms with Crippen molar-refractivity contribution >= 4 is 38.8 Å². The Morgan fingerprint density at radius 2 is 2.33 bits per heavy atom. The first-order valence-corrected chi connectivity index (χ1v) is 6.62. The highest BCUT2D eigenvalue weighted by atomic mass is 32.1. The number of amides is 1. The summed E-state index contributed by atoms with van der Waals surface area (Å²) in [4.78, 5) is 17.7. The van der Waals surface area contributed by atoms with Crippen molar-refractivity contribution in [3.8, 4) is 0 Å². The second kappa shape index (κ2) is 5.22. The van der Waals surface area contributed by atoms with Gasteiger partial charge in [-0.15, -0.1) is 11.3 Å². The number of thiazole rings is 1. The summed E-state index contributed by atoms with van der Waals surface area (Å²) < 4.78 is 1.06. The van der Waals surface area contributed by atoms with Gasteiger partial charge in [0.2, 0.25) is 5.91 Å². The van der Waals surface area contributed by atoms with Crippen LogP contribution in [0.1, 0.15) is 6.92 Å². The lowest BCUT2D eigenvalue weighted by Gasteiger charge is -2.23. The molecular weight excluding hydrogens is 248 g/mol. The molecular formula is C12H16N4OS. The Hall–Kier alpha value is -1.82. The first-order chi connectivity index (χ1) is 8.67. The number of hydrogen-bond donors (Lipinski definition) is 2. The Balaban J connectivity index is 2.38. The van der Waals surface area contributed by atoms with Crippen LogP contribution in [-0.2, 0) is 4.79 Å². The van der Waals surface area contributed by atoms with Crippen molar-refractivity contribution in [1.29, 1.82) is 0 Å². The maximum absolute atomic E-state index is 11.5. The van der Waals surface area contributed by atoms with E-state index < -0.39 is 0 Å². The number of nitrogens with zero attached hydrogens (tertiary/aromatic N) is 2. The molecule has 1 amide bonds. The maximum Gasteiger partial charge on any atom is 0.239 e. The Bertz CT molecular complexity index is 566. The summed E-state index contributed by atoms with van der Waals surface area (Å²) in [6, 6.07) is 3.94. The van der Waals surface area contributed by atoms with Gasteiger partial charge in [-0.3, -0.25) is 4.79 Å². The molecule has 1 heterocycles. The number of hydrogen-bond acceptors (Lipinski definition) is 5. The van der Waals surface area contributed by atoms with E-state index in [0.717, 1.165) is 15.9 Å². The first-order valence-electron chi connectivity index (χ1n) is 5.74. The predicted molar refractivity (Wildman–Crippen MR) is 76.0 cm³/mol. The van der Waals surface area contributed by atoms with Crippen LogP contribution in [-0.4, -0.2) is 31.0 Å². The Morgan fingerprint density at radius 1 is 1.56 bits per heavy atom. The van der Waals surface area contributed by atoms with Crippen molar-refractivity contribution in [3.05, 3.63) is 17.6 Å². The van der Waals surface area contributed by atoms with Crippen LogP contribution < -0.4 is 16.0 Å². The molecule has 0 radical (unpaired) electrons. The number of nitrogens with one attached hydrogen (secondary N) is 1. The van der Waals surface area contributed by atoms with E-state index in [1.165, 1.54) is 0 Å². The van der Waals surface area contributed by atoms with Gasteiger partial charge in [-0.05, 0) is 19.1 Å². The van der Waals surface area contributed by atoms with Crippen molar-refractivity contribution in [1.82, 2.24) is 10.3 Å². The summed E-state index contributed by atoms with van der Waals surface area (Å²) in [5, 5.41) is 2.62. The largest absolute Gasteiger partial charge is 0.395 e. The van der Waals surface area contributed by atoms with Gasteiger partial charge in [0.05, 0.1) is 28.1 Å². The molecule has 0 saturated carbocycles. The number of benzene rings is 1. The second-order valence-electron chi connectivity index (χ2n) is 3.88. The van der Waals surface area contributed by atoms with Crippen LogP contribution in [0, 0.1) is 0 Å². The lowest BCUT2D eigenvalue weighted by molar-refractivity contribution is -0.119. The van der Waals surface area contributed by atoms with Crippen LogP contribution in [0.5, 0.6) is 0 Å². The quantitative estimate of drug-likeness (QED) is 0.820. The van der Waals surface area contributed by atoms with Crippen LogP contribution in [0.3, 0.4) is 0 Å². The number of carbonyl (C=O) groups excluding carboxylic acids is 1. The highest BCUT2D eigenvalue weighted by Crippen LogP contribution is 2.32. The molecule has 6 heteroatoms. The first kappa shape index (κ1) is 12.6. The van der Waals surface area contributed by atoms with Crippen LogP contribution in [0.15, 0.2) is 17.6 Å². The summed E-state index contributed by atoms with van der Waals surface area (Å²) in [6.07, 6.45) is 0. The smallest absolute Gasteiger partial charge is 0.239 e. The topological polar surface area (TPSA) is 71.2 Å². The van der Waals surface area contributed by atoms with Crippen molar-refractivity contribution in [2.75, 3.05) is 30.8 Å². The fraction of sp³-hybridized carbons (Fsp3) is 0.333. The number of fused-ring (bicyclic) bond motifs is 1. The van der Waals surface area contributed by atoms with Gasteiger partial charge in [0.25, 0.3) is 0 Å². The summed E-state index contributed by atoms with van der Waals surface area (Å²) in [5.74, 6) is -0.0328. The third kappa shape index (κ3) is 2.24. The van der Waals surface area contributed by atoms with E-state index in [1.807, 2.05) is 24.0 Å². The SMILES string of the molecule is CCN(CC(=O)NC)c1ccc2scnc2c1N. The van der Waals surface area contributed by atoms with Gasteiger partial charge < -0.3 is 16.0 Å². The number of carbonyl (C=O) groups is 1. The molecule has 1 aromatic heterocycles. The van der Waals surface area contributed by atoms with E-state index in [2.05, 4.69) is 10.3 Å². The lowest BCUT2D eigenvalue weighted by atomic mass is 10.2. The molecule has 0 saturated heterocycles. The van der Waals surface area contributed by atoms with Crippen molar-refractivity contribution in [3.63, 3.8) is 0 Å². The third-order valence-electron chi connectivity index (χ3n) is 2.85. The molecule has 0 aliphatic rings. The molecule has 0 atom stereocenters. The zero-order valence-corrected chi connectivity index (χ0v) is 11.3. The van der Waals surface area contributed by atoms with Gasteiger partial charge in [0.1, 0.15) is 5.52 Å². The van der Waals surface area contributed by atoms with Gasteiger partial charge in [-0.2, -0.15) is 0 Å². The highest BCUT2D eigenvalue weighted by Gasteiger charge is 2.14. The molecule has 18 heavy (non-hydrogen) atoms. The van der Waals surface area contributed by atoms with Gasteiger partial charge in [-0.25, -0.2) is 4.98 Å². The summed E-state index contributed by atoms with van der Waals surface area (Å²) >= 11 is 1.56. The average molecular weight is 264 g/mol. The Morgan fingerprint density at radius 3 is 3.00 bits per heavy atom. The monoisotopic (exact) mass is 264 g/mol. The number of likely N-dealkylation sites (N-methyl/N-ethyl adjacent to an activating group) is 2. The van der Waals surface area contributed by atoms with E-state index in [4.69, 9.17) is 5.73 Å². The minimum atomic E-state index is -0.0328. The van der Waals surface area contributed by atoms with E-state index in [1.54, 1.807) is 23.9 Å². The van der Waals surface area contributed by atoms with Crippen molar-refractivity contribution in [2.24, 2.45) is 0 Å². The number of nitrogen functional groups attached to an aromatic ring is 1. The van der Waals surface area contributed by atoms with Crippen LogP contribution >= 0.6 is 11.3 Å². The van der Waals surface area contributed by atoms with Gasteiger partial charge in [-0.1, -0.05) is 0 Å². The molecule has 2 rings (SSSR count). The van der Waals surface area contributed by atoms with Gasteiger partial charge in [0.15, 0.2) is 0 Å². The van der Waals surface area contributed by atoms with Gasteiger partial charge in [0, 0.05) is 13.6 Å². The minimum Gasteiger partial charge on any atom is -0.395 e. The lowest BCUT2D eigenvalue weighted by Crippen LogP contribution is -2.35. The average Bonchev–Trinajstić information content (AvgIpc) is 2.86. The molecule has 1 aromatic carbocycles. The second-order valence-corrected chi connectivity index (χ2v) is 4.77. The van der Waals surface area contributed by atoms with Crippen LogP contribution in [0.25, 0.3) is 10.2 Å². The fourth-order valence-electron chi connectivity index (χ4n) is 1.84. The molecule has 2 aromatic rings. The molecule has 0 aliphatic carbocycles. The summed E-state index contributed by atoms with van der Waals surface area (Å²) in [5.41, 5.74) is 10.2. The van der Waals surface area contributed by atoms with E-state index >= 15 is 0 Å². The third-order valence-corrected chi connectivity index (χ3v) is 3.65. The van der Waals surface area contributed by atoms with E-state index in [9.17, 15) is 4.79 Å². The Labute approximate surface area is 110 Å². The van der Waals surface area contributed by atoms with Crippen molar-refractivity contribution < 1.29 is 4.79 Å². The van der Waals surface area contributed by atoms with Gasteiger partial charge >= 0.3 is 0 Å². The number of aromatic nitrogens is 1. The Kier molecular flexibility index (Phi) is 3.66. The van der Waals surface area contributed by atoms with Crippen molar-refractivity contribution in [2.45, 2.75) is 6.92 Å². The molecule has 5 nitrogen and oxygen atoms in total. The van der Waals surface area contributed by atoms with E-state index in [0.29, 0.717) is 18.8 Å². The molecule has 96 valence electrons. The predicted octanol–water partition coefficient (Wildman–Crippen LogP) is 1.45. The zero-order chi connectivity index (χ0) is 13.1. The standard InChI is InChI=1S/C12H16N4OS/c1-3-16(6-10(17)14-2)8-4-5-9-12(11(8)13)15-7-18-9/h4-5,7H,3,6,13H2,1-2H3,(H,14,17). The molecule has 0 unspecified atom stereocenters. The molecule has 0 bridgehead atoms. The number of nitrogens with two attached hydrogens (primary N) is 1. The zero-order valence-electron chi connectivity index (χ0n) is 10.4. The molecule has 0 fully saturated rings. The van der Waals surface area contributed by atoms with Crippen LogP contribution in [0.4, 0.5) is 11.4 Å². The maximum atomic E-state index is 11.5. The fourth-order valence-corrected chi connectivity index (χ4v) is 2.53. The number of rotatable bonds is 4. The molecule has 3 N–H and O–H groups in total. The molecule has 0 aliphatic heterocycles. The minimum absolute atomic E-state index is 0.0328. The van der Waals surface area contributed by atoms with Crippen LogP contribution in [0.2, 0.25) is 0 Å². The molecule has 0 spiro atoms. The summed E-state index contributed by atoms with van der Waals surface area (Å²) in [6.45, 7) is 3.01. The number of anilines is 2. The van der Waals surface area contributed by atoms with E-state index in [-0.39, 0.29) is 5.91 Å².